The van der Waals surface area contributed by atoms with Crippen LogP contribution in [0.3, 0.4) is 0 Å². The molecule has 4 nitrogen and oxygen atoms in total. The summed E-state index contributed by atoms with van der Waals surface area (Å²) in [6, 6.07) is 4.98. The van der Waals surface area contributed by atoms with Crippen molar-refractivity contribution in [2.24, 2.45) is 0 Å². The highest BCUT2D eigenvalue weighted by atomic mass is 35.5. The first-order valence-electron chi connectivity index (χ1n) is 6.45. The molecule has 0 spiro atoms. The summed E-state index contributed by atoms with van der Waals surface area (Å²) in [6.45, 7) is 4.37. The molecule has 1 unspecified atom stereocenters. The predicted octanol–water partition coefficient (Wildman–Crippen LogP) is 3.61. The third kappa shape index (κ3) is 4.85. The van der Waals surface area contributed by atoms with E-state index in [2.05, 4.69) is 5.32 Å². The number of carbonyl (C=O) groups is 1. The summed E-state index contributed by atoms with van der Waals surface area (Å²) in [6.07, 6.45) is 1.35. The Labute approximate surface area is 129 Å². The van der Waals surface area contributed by atoms with Crippen LogP contribution in [-0.2, 0) is 4.79 Å². The van der Waals surface area contributed by atoms with E-state index in [1.54, 1.807) is 25.1 Å². The van der Waals surface area contributed by atoms with Gasteiger partial charge in [0.25, 0.3) is 0 Å². The molecular weight excluding hydrogens is 301 g/mol. The first-order chi connectivity index (χ1) is 9.39. The van der Waals surface area contributed by atoms with Crippen molar-refractivity contribution >= 4 is 29.2 Å². The summed E-state index contributed by atoms with van der Waals surface area (Å²) in [5.41, 5.74) is -0.929. The van der Waals surface area contributed by atoms with Gasteiger partial charge in [0.1, 0.15) is 17.9 Å². The summed E-state index contributed by atoms with van der Waals surface area (Å²) in [5, 5.41) is 13.2. The first kappa shape index (κ1) is 17.1. The second-order valence-electron chi connectivity index (χ2n) is 4.74. The summed E-state index contributed by atoms with van der Waals surface area (Å²) >= 11 is 11.8. The number of carboxylic acid groups (broad SMARTS) is 1. The van der Waals surface area contributed by atoms with Gasteiger partial charge >= 0.3 is 5.97 Å². The summed E-state index contributed by atoms with van der Waals surface area (Å²) < 4.78 is 5.50. The van der Waals surface area contributed by atoms with E-state index in [4.69, 9.17) is 27.9 Å². The maximum Gasteiger partial charge on any atom is 0.323 e. The average Bonchev–Trinajstić information content (AvgIpc) is 2.37. The van der Waals surface area contributed by atoms with Crippen molar-refractivity contribution in [3.8, 4) is 5.75 Å². The minimum absolute atomic E-state index is 0.327. The zero-order chi connectivity index (χ0) is 15.2. The van der Waals surface area contributed by atoms with E-state index in [1.807, 2.05) is 6.92 Å². The minimum Gasteiger partial charge on any atom is -0.491 e. The average molecular weight is 320 g/mol. The molecule has 2 N–H and O–H groups in total. The van der Waals surface area contributed by atoms with Gasteiger partial charge in [0.05, 0.1) is 5.02 Å². The zero-order valence-electron chi connectivity index (χ0n) is 11.6. The topological polar surface area (TPSA) is 58.6 Å². The molecule has 0 bridgehead atoms. The molecule has 0 aliphatic carbocycles. The highest BCUT2D eigenvalue weighted by Crippen LogP contribution is 2.27. The van der Waals surface area contributed by atoms with Crippen LogP contribution in [0.15, 0.2) is 18.2 Å². The molecule has 0 aromatic heterocycles. The lowest BCUT2D eigenvalue weighted by Crippen LogP contribution is -2.50. The Bertz CT molecular complexity index is 468. The van der Waals surface area contributed by atoms with Crippen molar-refractivity contribution in [3.05, 3.63) is 28.2 Å². The quantitative estimate of drug-likeness (QED) is 0.719. The van der Waals surface area contributed by atoms with E-state index < -0.39 is 11.5 Å². The van der Waals surface area contributed by atoms with Gasteiger partial charge in [-0.15, -0.1) is 0 Å². The minimum atomic E-state index is -0.929. The second-order valence-corrected chi connectivity index (χ2v) is 5.58. The van der Waals surface area contributed by atoms with Gasteiger partial charge in [-0.05, 0) is 31.5 Å². The molecule has 0 aliphatic rings. The molecule has 1 aromatic carbocycles. The van der Waals surface area contributed by atoms with Crippen LogP contribution in [-0.4, -0.2) is 29.8 Å². The Hall–Kier alpha value is -0.970. The number of hydrogen-bond acceptors (Lipinski definition) is 3. The maximum absolute atomic E-state index is 11.2. The molecule has 1 aromatic rings. The molecule has 20 heavy (non-hydrogen) atoms. The lowest BCUT2D eigenvalue weighted by atomic mass is 9.96. The zero-order valence-corrected chi connectivity index (χ0v) is 13.1. The van der Waals surface area contributed by atoms with Crippen molar-refractivity contribution in [1.82, 2.24) is 5.32 Å². The van der Waals surface area contributed by atoms with E-state index >= 15 is 0 Å². The number of ether oxygens (including phenoxy) is 1. The fourth-order valence-electron chi connectivity index (χ4n) is 1.85. The standard InChI is InChI=1S/C14H19Cl2NO3/c1-3-6-14(2,13(18)19)17-7-8-20-12-5-4-10(15)9-11(12)16/h4-5,9,17H,3,6-8H2,1-2H3,(H,18,19). The monoisotopic (exact) mass is 319 g/mol. The fraction of sp³-hybridized carbons (Fsp3) is 0.500. The van der Waals surface area contributed by atoms with Gasteiger partial charge in [0.15, 0.2) is 0 Å². The molecule has 0 amide bonds. The number of aliphatic carboxylic acids is 1. The van der Waals surface area contributed by atoms with Crippen molar-refractivity contribution in [2.45, 2.75) is 32.2 Å². The summed E-state index contributed by atoms with van der Waals surface area (Å²) in [5.74, 6) is -0.325. The third-order valence-electron chi connectivity index (χ3n) is 2.99. The van der Waals surface area contributed by atoms with E-state index in [9.17, 15) is 9.90 Å². The lowest BCUT2D eigenvalue weighted by molar-refractivity contribution is -0.144. The predicted molar refractivity (Wildman–Crippen MR) is 80.9 cm³/mol. The molecule has 0 saturated heterocycles. The van der Waals surface area contributed by atoms with Crippen LogP contribution in [0.2, 0.25) is 10.0 Å². The summed E-state index contributed by atoms with van der Waals surface area (Å²) in [7, 11) is 0. The van der Waals surface area contributed by atoms with Gasteiger partial charge in [-0.3, -0.25) is 10.1 Å². The Kier molecular flexibility index (Phi) is 6.59. The van der Waals surface area contributed by atoms with Crippen molar-refractivity contribution in [1.29, 1.82) is 0 Å². The highest BCUT2D eigenvalue weighted by Gasteiger charge is 2.31. The molecule has 0 heterocycles. The Morgan fingerprint density at radius 2 is 2.15 bits per heavy atom. The van der Waals surface area contributed by atoms with E-state index in [-0.39, 0.29) is 0 Å². The Morgan fingerprint density at radius 1 is 1.45 bits per heavy atom. The van der Waals surface area contributed by atoms with Crippen LogP contribution in [0, 0.1) is 0 Å². The normalized spacial score (nSPS) is 13.8. The van der Waals surface area contributed by atoms with E-state index in [1.165, 1.54) is 0 Å². The molecule has 1 rings (SSSR count). The molecular formula is C14H19Cl2NO3. The molecule has 6 heteroatoms. The molecule has 0 saturated carbocycles. The van der Waals surface area contributed by atoms with Gasteiger partial charge in [-0.2, -0.15) is 0 Å². The first-order valence-corrected chi connectivity index (χ1v) is 7.21. The maximum atomic E-state index is 11.2. The number of carboxylic acids is 1. The molecule has 112 valence electrons. The van der Waals surface area contributed by atoms with Crippen LogP contribution in [0.5, 0.6) is 5.75 Å². The molecule has 0 radical (unpaired) electrons. The van der Waals surface area contributed by atoms with Crippen LogP contribution >= 0.6 is 23.2 Å². The molecule has 0 aliphatic heterocycles. The van der Waals surface area contributed by atoms with Gasteiger partial charge in [0, 0.05) is 11.6 Å². The van der Waals surface area contributed by atoms with Crippen LogP contribution in [0.1, 0.15) is 26.7 Å². The smallest absolute Gasteiger partial charge is 0.323 e. The number of hydrogen-bond donors (Lipinski definition) is 2. The van der Waals surface area contributed by atoms with Crippen molar-refractivity contribution in [3.63, 3.8) is 0 Å². The molecule has 0 fully saturated rings. The number of benzene rings is 1. The van der Waals surface area contributed by atoms with Gasteiger partial charge in [-0.25, -0.2) is 0 Å². The van der Waals surface area contributed by atoms with Crippen LogP contribution in [0.25, 0.3) is 0 Å². The van der Waals surface area contributed by atoms with Crippen molar-refractivity contribution in [2.75, 3.05) is 13.2 Å². The second kappa shape index (κ2) is 7.72. The SMILES string of the molecule is CCCC(C)(NCCOc1ccc(Cl)cc1Cl)C(=O)O. The van der Waals surface area contributed by atoms with Gasteiger partial charge in [0.2, 0.25) is 0 Å². The van der Waals surface area contributed by atoms with Crippen LogP contribution < -0.4 is 10.1 Å². The fourth-order valence-corrected chi connectivity index (χ4v) is 2.31. The summed E-state index contributed by atoms with van der Waals surface area (Å²) in [4.78, 5) is 11.2. The Balaban J connectivity index is 2.46. The number of rotatable bonds is 8. The third-order valence-corrected chi connectivity index (χ3v) is 3.52. The number of halogens is 2. The molecule has 1 atom stereocenters. The van der Waals surface area contributed by atoms with Gasteiger partial charge < -0.3 is 9.84 Å². The highest BCUT2D eigenvalue weighted by molar-refractivity contribution is 6.35. The van der Waals surface area contributed by atoms with Gasteiger partial charge in [-0.1, -0.05) is 36.5 Å². The van der Waals surface area contributed by atoms with Crippen molar-refractivity contribution < 1.29 is 14.6 Å². The van der Waals surface area contributed by atoms with E-state index in [0.29, 0.717) is 35.4 Å². The number of nitrogens with one attached hydrogen (secondary N) is 1. The van der Waals surface area contributed by atoms with E-state index in [0.717, 1.165) is 6.42 Å². The Morgan fingerprint density at radius 3 is 2.70 bits per heavy atom. The lowest BCUT2D eigenvalue weighted by Gasteiger charge is -2.25. The largest absolute Gasteiger partial charge is 0.491 e. The van der Waals surface area contributed by atoms with Crippen LogP contribution in [0.4, 0.5) is 0 Å².